The minimum atomic E-state index is -0.408. The first-order valence-corrected chi connectivity index (χ1v) is 8.28. The Labute approximate surface area is 151 Å². The average molecular weight is 348 g/mol. The van der Waals surface area contributed by atoms with Gasteiger partial charge in [-0.05, 0) is 37.6 Å². The van der Waals surface area contributed by atoms with Crippen molar-refractivity contribution in [1.29, 1.82) is 0 Å². The third-order valence-corrected chi connectivity index (χ3v) is 4.01. The summed E-state index contributed by atoms with van der Waals surface area (Å²) in [7, 11) is 0. The third kappa shape index (κ3) is 3.97. The van der Waals surface area contributed by atoms with Crippen molar-refractivity contribution in [2.45, 2.75) is 13.8 Å². The van der Waals surface area contributed by atoms with Crippen molar-refractivity contribution in [2.75, 3.05) is 11.9 Å². The molecule has 3 N–H and O–H groups in total. The molecule has 0 fully saturated rings. The van der Waals surface area contributed by atoms with Crippen molar-refractivity contribution in [3.8, 4) is 0 Å². The molecule has 3 rings (SSSR count). The Morgan fingerprint density at radius 1 is 1.00 bits per heavy atom. The lowest BCUT2D eigenvalue weighted by Gasteiger charge is -2.12. The quantitative estimate of drug-likeness (QED) is 0.633. The minimum Gasteiger partial charge on any atom is -0.376 e. The van der Waals surface area contributed by atoms with Gasteiger partial charge in [0.2, 0.25) is 0 Å². The maximum atomic E-state index is 12.3. The fourth-order valence-corrected chi connectivity index (χ4v) is 2.71. The molecule has 3 aromatic rings. The van der Waals surface area contributed by atoms with Crippen LogP contribution in [-0.4, -0.2) is 23.3 Å². The van der Waals surface area contributed by atoms with Gasteiger partial charge in [0.05, 0.1) is 17.6 Å². The highest BCUT2D eigenvalue weighted by Crippen LogP contribution is 2.16. The van der Waals surface area contributed by atoms with Crippen LogP contribution in [-0.2, 0) is 4.79 Å². The van der Waals surface area contributed by atoms with E-state index in [4.69, 9.17) is 0 Å². The number of benzene rings is 2. The number of pyridine rings is 1. The Morgan fingerprint density at radius 2 is 1.81 bits per heavy atom. The van der Waals surface area contributed by atoms with E-state index < -0.39 is 5.91 Å². The Hall–Kier alpha value is -3.41. The molecule has 132 valence electrons. The van der Waals surface area contributed by atoms with Gasteiger partial charge in [0.15, 0.2) is 0 Å². The van der Waals surface area contributed by atoms with Gasteiger partial charge in [-0.2, -0.15) is 0 Å². The number of aromatic nitrogens is 1. The van der Waals surface area contributed by atoms with Crippen molar-refractivity contribution in [1.82, 2.24) is 15.8 Å². The molecule has 0 aliphatic heterocycles. The average Bonchev–Trinajstić information content (AvgIpc) is 2.65. The summed E-state index contributed by atoms with van der Waals surface area (Å²) in [6.45, 7) is 4.04. The normalized spacial score (nSPS) is 10.4. The molecule has 0 bridgehead atoms. The molecule has 0 atom stereocenters. The summed E-state index contributed by atoms with van der Waals surface area (Å²) >= 11 is 0. The van der Waals surface area contributed by atoms with E-state index in [0.717, 1.165) is 22.2 Å². The van der Waals surface area contributed by atoms with Crippen LogP contribution >= 0.6 is 0 Å². The summed E-state index contributed by atoms with van der Waals surface area (Å²) in [4.78, 5) is 28.6. The molecular formula is C20H20N4O2. The van der Waals surface area contributed by atoms with Crippen LogP contribution in [0, 0.1) is 13.8 Å². The predicted octanol–water partition coefficient (Wildman–Crippen LogP) is 2.72. The lowest BCUT2D eigenvalue weighted by Crippen LogP contribution is -2.44. The summed E-state index contributed by atoms with van der Waals surface area (Å²) in [5.74, 6) is -0.749. The van der Waals surface area contributed by atoms with Crippen LogP contribution in [0.15, 0.2) is 54.7 Å². The molecule has 6 nitrogen and oxygen atoms in total. The highest BCUT2D eigenvalue weighted by Gasteiger charge is 2.11. The number of aryl methyl sites for hydroxylation is 2. The highest BCUT2D eigenvalue weighted by atomic mass is 16.2. The Bertz CT molecular complexity index is 964. The van der Waals surface area contributed by atoms with Crippen LogP contribution in [0.1, 0.15) is 21.5 Å². The number of fused-ring (bicyclic) bond motifs is 1. The molecule has 0 saturated carbocycles. The number of nitrogens with one attached hydrogen (secondary N) is 3. The number of hydrogen-bond donors (Lipinski definition) is 3. The number of hydrogen-bond acceptors (Lipinski definition) is 4. The predicted molar refractivity (Wildman–Crippen MR) is 102 cm³/mol. The zero-order chi connectivity index (χ0) is 18.5. The van der Waals surface area contributed by atoms with Crippen LogP contribution < -0.4 is 16.2 Å². The number of carbonyl (C=O) groups excluding carboxylic acids is 2. The fraction of sp³-hybridized carbons (Fsp3) is 0.150. The molecule has 0 aliphatic rings. The van der Waals surface area contributed by atoms with Crippen molar-refractivity contribution < 1.29 is 9.59 Å². The second-order valence-electron chi connectivity index (χ2n) is 6.05. The minimum absolute atomic E-state index is 0.0535. The molecule has 0 aliphatic carbocycles. The lowest BCUT2D eigenvalue weighted by molar-refractivity contribution is -0.120. The van der Waals surface area contributed by atoms with E-state index in [1.807, 2.05) is 50.2 Å². The first-order valence-electron chi connectivity index (χ1n) is 8.28. The topological polar surface area (TPSA) is 83.1 Å². The van der Waals surface area contributed by atoms with Crippen molar-refractivity contribution in [3.05, 3.63) is 71.4 Å². The second-order valence-corrected chi connectivity index (χ2v) is 6.05. The number of hydrazine groups is 1. The molecule has 1 heterocycles. The van der Waals surface area contributed by atoms with Gasteiger partial charge in [0, 0.05) is 17.3 Å². The molecule has 0 radical (unpaired) electrons. The lowest BCUT2D eigenvalue weighted by atomic mass is 10.1. The van der Waals surface area contributed by atoms with Gasteiger partial charge < -0.3 is 5.32 Å². The molecule has 0 spiro atoms. The largest absolute Gasteiger partial charge is 0.376 e. The van der Waals surface area contributed by atoms with Gasteiger partial charge in [0.25, 0.3) is 11.8 Å². The first kappa shape index (κ1) is 17.4. The number of para-hydroxylation sites is 1. The van der Waals surface area contributed by atoms with Crippen molar-refractivity contribution >= 4 is 28.4 Å². The first-order chi connectivity index (χ1) is 12.5. The van der Waals surface area contributed by atoms with Gasteiger partial charge in [-0.25, -0.2) is 0 Å². The second kappa shape index (κ2) is 7.65. The maximum Gasteiger partial charge on any atom is 0.271 e. The number of anilines is 1. The molecule has 26 heavy (non-hydrogen) atoms. The summed E-state index contributed by atoms with van der Waals surface area (Å²) in [5, 5.41) is 3.92. The fourth-order valence-electron chi connectivity index (χ4n) is 2.71. The summed E-state index contributed by atoms with van der Waals surface area (Å²) < 4.78 is 0. The van der Waals surface area contributed by atoms with Crippen molar-refractivity contribution in [3.63, 3.8) is 0 Å². The SMILES string of the molecule is Cc1ccc(NCC(=O)NNC(=O)c2cccc3cccnc23)c(C)c1. The number of nitrogens with zero attached hydrogens (tertiary/aromatic N) is 1. The molecule has 2 aromatic carbocycles. The Kier molecular flexibility index (Phi) is 5.12. The van der Waals surface area contributed by atoms with Gasteiger partial charge in [-0.1, -0.05) is 35.9 Å². The van der Waals surface area contributed by atoms with Crippen LogP contribution in [0.4, 0.5) is 5.69 Å². The molecule has 2 amide bonds. The van der Waals surface area contributed by atoms with E-state index in [0.29, 0.717) is 11.1 Å². The maximum absolute atomic E-state index is 12.3. The van der Waals surface area contributed by atoms with Crippen LogP contribution in [0.2, 0.25) is 0 Å². The number of carbonyl (C=O) groups is 2. The van der Waals surface area contributed by atoms with E-state index in [9.17, 15) is 9.59 Å². The standard InChI is InChI=1S/C20H20N4O2/c1-13-8-9-17(14(2)11-13)22-12-18(25)23-24-20(26)16-7-3-5-15-6-4-10-21-19(15)16/h3-11,22H,12H2,1-2H3,(H,23,25)(H,24,26). The van der Waals surface area contributed by atoms with E-state index in [2.05, 4.69) is 21.2 Å². The number of rotatable bonds is 4. The summed E-state index contributed by atoms with van der Waals surface area (Å²) in [5.41, 5.74) is 8.96. The monoisotopic (exact) mass is 348 g/mol. The summed E-state index contributed by atoms with van der Waals surface area (Å²) in [6.07, 6.45) is 1.63. The van der Waals surface area contributed by atoms with Crippen molar-refractivity contribution in [2.24, 2.45) is 0 Å². The van der Waals surface area contributed by atoms with Gasteiger partial charge in [0.1, 0.15) is 0 Å². The zero-order valence-electron chi connectivity index (χ0n) is 14.7. The van der Waals surface area contributed by atoms with E-state index >= 15 is 0 Å². The van der Waals surface area contributed by atoms with Gasteiger partial charge >= 0.3 is 0 Å². The zero-order valence-corrected chi connectivity index (χ0v) is 14.7. The molecule has 6 heteroatoms. The molecule has 0 unspecified atom stereocenters. The van der Waals surface area contributed by atoms with Gasteiger partial charge in [-0.15, -0.1) is 0 Å². The van der Waals surface area contributed by atoms with Crippen LogP contribution in [0.3, 0.4) is 0 Å². The Morgan fingerprint density at radius 3 is 2.62 bits per heavy atom. The van der Waals surface area contributed by atoms with Gasteiger partial charge in [-0.3, -0.25) is 25.4 Å². The smallest absolute Gasteiger partial charge is 0.271 e. The third-order valence-electron chi connectivity index (χ3n) is 4.01. The van der Waals surface area contributed by atoms with Crippen LogP contribution in [0.5, 0.6) is 0 Å². The molecule has 1 aromatic heterocycles. The molecular weight excluding hydrogens is 328 g/mol. The van der Waals surface area contributed by atoms with Crippen LogP contribution in [0.25, 0.3) is 10.9 Å². The van der Waals surface area contributed by atoms with E-state index in [1.165, 1.54) is 0 Å². The highest BCUT2D eigenvalue weighted by molar-refractivity contribution is 6.05. The Balaban J connectivity index is 1.58. The number of amides is 2. The van der Waals surface area contributed by atoms with E-state index in [1.54, 1.807) is 18.3 Å². The molecule has 0 saturated heterocycles. The van der Waals surface area contributed by atoms with E-state index in [-0.39, 0.29) is 12.5 Å². The summed E-state index contributed by atoms with van der Waals surface area (Å²) in [6, 6.07) is 15.0.